The molecule has 0 aromatic heterocycles. The first-order valence-corrected chi connectivity index (χ1v) is 10.0. The minimum atomic E-state index is -0.755. The van der Waals surface area contributed by atoms with Gasteiger partial charge < -0.3 is 14.7 Å². The fourth-order valence-corrected chi connectivity index (χ4v) is 4.30. The number of carboxylic acids is 1. The van der Waals surface area contributed by atoms with Gasteiger partial charge in [-0.25, -0.2) is 0 Å². The zero-order chi connectivity index (χ0) is 20.5. The summed E-state index contributed by atoms with van der Waals surface area (Å²) in [6.07, 6.45) is 3.29. The van der Waals surface area contributed by atoms with Crippen LogP contribution in [0.3, 0.4) is 0 Å². The van der Waals surface area contributed by atoms with Crippen LogP contribution in [0.4, 0.5) is 0 Å². The van der Waals surface area contributed by atoms with Crippen molar-refractivity contribution in [2.75, 3.05) is 6.61 Å². The number of carboxylic acid groups (broad SMARTS) is 1. The predicted octanol–water partition coefficient (Wildman–Crippen LogP) is 1.26. The third-order valence-corrected chi connectivity index (χ3v) is 6.07. The molecule has 1 aromatic carbocycles. The van der Waals surface area contributed by atoms with Crippen molar-refractivity contribution in [3.8, 4) is 0 Å². The summed E-state index contributed by atoms with van der Waals surface area (Å²) in [7, 11) is 0. The molecule has 1 saturated carbocycles. The van der Waals surface area contributed by atoms with E-state index in [1.54, 1.807) is 11.0 Å². The van der Waals surface area contributed by atoms with Gasteiger partial charge in [0.2, 0.25) is 11.8 Å². The van der Waals surface area contributed by atoms with Gasteiger partial charge in [-0.2, -0.15) is 0 Å². The Kier molecular flexibility index (Phi) is 5.36. The maximum atomic E-state index is 12.8. The molecule has 154 valence electrons. The highest BCUT2D eigenvalue weighted by Gasteiger charge is 2.39. The molecule has 2 N–H and O–H groups in total. The fourth-order valence-electron chi connectivity index (χ4n) is 4.30. The zero-order valence-electron chi connectivity index (χ0n) is 16.1. The number of carbonyl (C=O) groups is 4. The third-order valence-electron chi connectivity index (χ3n) is 6.07. The lowest BCUT2D eigenvalue weighted by Crippen LogP contribution is -2.52. The summed E-state index contributed by atoms with van der Waals surface area (Å²) in [5, 5.41) is 11.2. The lowest BCUT2D eigenvalue weighted by atomic mass is 9.82. The van der Waals surface area contributed by atoms with Crippen LogP contribution < -0.4 is 5.32 Å². The molecule has 1 aliphatic carbocycles. The summed E-state index contributed by atoms with van der Waals surface area (Å²) < 4.78 is 5.74. The van der Waals surface area contributed by atoms with Gasteiger partial charge in [0.25, 0.3) is 5.91 Å². The fraction of sp³-hybridized carbons (Fsp3) is 0.524. The summed E-state index contributed by atoms with van der Waals surface area (Å²) >= 11 is 0. The van der Waals surface area contributed by atoms with Gasteiger partial charge in [-0.3, -0.25) is 24.5 Å². The van der Waals surface area contributed by atoms with E-state index in [0.717, 1.165) is 24.0 Å². The Labute approximate surface area is 168 Å². The van der Waals surface area contributed by atoms with Crippen LogP contribution in [0.2, 0.25) is 0 Å². The molecule has 8 nitrogen and oxygen atoms in total. The number of fused-ring (bicyclic) bond motifs is 1. The van der Waals surface area contributed by atoms with E-state index >= 15 is 0 Å². The van der Waals surface area contributed by atoms with Crippen LogP contribution in [-0.2, 0) is 32.1 Å². The third kappa shape index (κ3) is 3.89. The number of carbonyl (C=O) groups excluding carboxylic acids is 3. The largest absolute Gasteiger partial charge is 0.481 e. The topological polar surface area (TPSA) is 113 Å². The van der Waals surface area contributed by atoms with E-state index in [0.29, 0.717) is 38.0 Å². The number of piperidine rings is 1. The van der Waals surface area contributed by atoms with Crippen LogP contribution >= 0.6 is 0 Å². The molecule has 8 heteroatoms. The number of aliphatic carboxylic acids is 1. The van der Waals surface area contributed by atoms with Gasteiger partial charge >= 0.3 is 5.97 Å². The number of amides is 3. The molecule has 29 heavy (non-hydrogen) atoms. The summed E-state index contributed by atoms with van der Waals surface area (Å²) in [6.45, 7) is 0.922. The molecule has 4 rings (SSSR count). The standard InChI is InChI=1S/C21H24N2O6/c24-18-7-6-17(19(25)22-18)23-11-16-12(3-1-5-15(16)20(23)26)4-2-8-29-14-9-13(10-14)21(27)28/h1,3,5,13-14,17H,2,4,6-11H2,(H,27,28)(H,22,24,25)/t13?,14?,17-/m0/s1. The van der Waals surface area contributed by atoms with Crippen LogP contribution in [0.25, 0.3) is 0 Å². The maximum absolute atomic E-state index is 12.8. The number of hydrogen-bond donors (Lipinski definition) is 2. The molecular formula is C21H24N2O6. The van der Waals surface area contributed by atoms with Crippen molar-refractivity contribution in [1.29, 1.82) is 0 Å². The van der Waals surface area contributed by atoms with Crippen molar-refractivity contribution < 1.29 is 29.0 Å². The molecule has 0 radical (unpaired) electrons. The van der Waals surface area contributed by atoms with Gasteiger partial charge in [0.05, 0.1) is 12.0 Å². The minimum Gasteiger partial charge on any atom is -0.481 e. The zero-order valence-corrected chi connectivity index (χ0v) is 16.1. The highest BCUT2D eigenvalue weighted by atomic mass is 16.5. The van der Waals surface area contributed by atoms with Gasteiger partial charge in [-0.15, -0.1) is 0 Å². The molecule has 1 aromatic rings. The van der Waals surface area contributed by atoms with Crippen molar-refractivity contribution >= 4 is 23.7 Å². The second-order valence-electron chi connectivity index (χ2n) is 7.95. The second-order valence-corrected chi connectivity index (χ2v) is 7.95. The minimum absolute atomic E-state index is 0.0298. The molecule has 3 aliphatic rings. The molecule has 0 bridgehead atoms. The Morgan fingerprint density at radius 2 is 2.03 bits per heavy atom. The number of nitrogens with zero attached hydrogens (tertiary/aromatic N) is 1. The van der Waals surface area contributed by atoms with Crippen molar-refractivity contribution in [2.24, 2.45) is 5.92 Å². The monoisotopic (exact) mass is 400 g/mol. The first kappa shape index (κ1) is 19.6. The first-order chi connectivity index (χ1) is 13.9. The number of rotatable bonds is 7. The number of hydrogen-bond acceptors (Lipinski definition) is 5. The molecule has 2 aliphatic heterocycles. The number of benzene rings is 1. The second kappa shape index (κ2) is 7.94. The van der Waals surface area contributed by atoms with Crippen LogP contribution in [0.5, 0.6) is 0 Å². The van der Waals surface area contributed by atoms with Crippen molar-refractivity contribution in [3.63, 3.8) is 0 Å². The Balaban J connectivity index is 1.33. The maximum Gasteiger partial charge on any atom is 0.306 e. The number of imide groups is 1. The van der Waals surface area contributed by atoms with Gasteiger partial charge in [-0.05, 0) is 49.3 Å². The van der Waals surface area contributed by atoms with E-state index in [-0.39, 0.29) is 30.3 Å². The predicted molar refractivity (Wildman–Crippen MR) is 101 cm³/mol. The Morgan fingerprint density at radius 1 is 1.24 bits per heavy atom. The smallest absolute Gasteiger partial charge is 0.306 e. The van der Waals surface area contributed by atoms with Crippen LogP contribution in [-0.4, -0.2) is 52.4 Å². The molecule has 1 saturated heterocycles. The molecule has 1 atom stereocenters. The van der Waals surface area contributed by atoms with E-state index in [1.807, 2.05) is 12.1 Å². The Bertz CT molecular complexity index is 861. The lowest BCUT2D eigenvalue weighted by Gasteiger charge is -2.32. The lowest BCUT2D eigenvalue weighted by molar-refractivity contribution is -0.151. The Morgan fingerprint density at radius 3 is 2.76 bits per heavy atom. The molecule has 0 unspecified atom stereocenters. The van der Waals surface area contributed by atoms with Gasteiger partial charge in [0.15, 0.2) is 0 Å². The van der Waals surface area contributed by atoms with Gasteiger partial charge in [-0.1, -0.05) is 12.1 Å². The average molecular weight is 400 g/mol. The Hall–Kier alpha value is -2.74. The van der Waals surface area contributed by atoms with Gasteiger partial charge in [0, 0.05) is 25.1 Å². The van der Waals surface area contributed by atoms with Crippen LogP contribution in [0, 0.1) is 5.92 Å². The van der Waals surface area contributed by atoms with E-state index in [9.17, 15) is 19.2 Å². The van der Waals surface area contributed by atoms with Crippen molar-refractivity contribution in [3.05, 3.63) is 34.9 Å². The molecule has 0 spiro atoms. The quantitative estimate of drug-likeness (QED) is 0.526. The molecule has 2 fully saturated rings. The van der Waals surface area contributed by atoms with Gasteiger partial charge in [0.1, 0.15) is 6.04 Å². The molecular weight excluding hydrogens is 376 g/mol. The number of aryl methyl sites for hydroxylation is 1. The SMILES string of the molecule is O=C1CC[C@H](N2Cc3c(CCCOC4CC(C(=O)O)C4)cccc3C2=O)C(=O)N1. The number of ether oxygens (including phenoxy) is 1. The summed E-state index contributed by atoms with van der Waals surface area (Å²) in [4.78, 5) is 48.8. The summed E-state index contributed by atoms with van der Waals surface area (Å²) in [6, 6.07) is 5.02. The van der Waals surface area contributed by atoms with Crippen LogP contribution in [0.15, 0.2) is 18.2 Å². The van der Waals surface area contributed by atoms with E-state index < -0.39 is 17.9 Å². The first-order valence-electron chi connectivity index (χ1n) is 10.0. The normalized spacial score (nSPS) is 26.1. The highest BCUT2D eigenvalue weighted by molar-refractivity contribution is 6.05. The van der Waals surface area contributed by atoms with Crippen molar-refractivity contribution in [1.82, 2.24) is 10.2 Å². The van der Waals surface area contributed by atoms with E-state index in [1.165, 1.54) is 0 Å². The van der Waals surface area contributed by atoms with Crippen LogP contribution in [0.1, 0.15) is 53.6 Å². The number of nitrogens with one attached hydrogen (secondary N) is 1. The summed E-state index contributed by atoms with van der Waals surface area (Å²) in [5.74, 6) is -1.90. The summed E-state index contributed by atoms with van der Waals surface area (Å²) in [5.41, 5.74) is 2.62. The average Bonchev–Trinajstić information content (AvgIpc) is 2.97. The molecule has 3 amide bonds. The molecule has 2 heterocycles. The van der Waals surface area contributed by atoms with E-state index in [2.05, 4.69) is 5.32 Å². The van der Waals surface area contributed by atoms with E-state index in [4.69, 9.17) is 9.84 Å². The van der Waals surface area contributed by atoms with Crippen molar-refractivity contribution in [2.45, 2.75) is 57.2 Å². The highest BCUT2D eigenvalue weighted by Crippen LogP contribution is 2.32.